The Morgan fingerprint density at radius 3 is 2.73 bits per heavy atom. The van der Waals surface area contributed by atoms with Crippen molar-refractivity contribution >= 4 is 0 Å². The summed E-state index contributed by atoms with van der Waals surface area (Å²) in [4.78, 5) is 0. The van der Waals surface area contributed by atoms with Crippen LogP contribution in [0.4, 0.5) is 4.39 Å². The molecule has 1 aromatic carbocycles. The fraction of sp³-hybridized carbons (Fsp3) is 0.500. The fourth-order valence-corrected chi connectivity index (χ4v) is 2.29. The van der Waals surface area contributed by atoms with Crippen LogP contribution in [0.25, 0.3) is 0 Å². The highest BCUT2D eigenvalue weighted by Gasteiger charge is 2.24. The van der Waals surface area contributed by atoms with Gasteiger partial charge < -0.3 is 11.1 Å². The van der Waals surface area contributed by atoms with Gasteiger partial charge in [-0.25, -0.2) is 4.39 Å². The number of hydrogen-bond donors (Lipinski definition) is 2. The molecule has 2 atom stereocenters. The van der Waals surface area contributed by atoms with Crippen molar-refractivity contribution in [3.8, 4) is 0 Å². The minimum Gasteiger partial charge on any atom is -0.330 e. The Balaban J connectivity index is 2.16. The maximum Gasteiger partial charge on any atom is 0.123 e. The highest BCUT2D eigenvalue weighted by atomic mass is 19.1. The van der Waals surface area contributed by atoms with Gasteiger partial charge in [0.25, 0.3) is 0 Å². The summed E-state index contributed by atoms with van der Waals surface area (Å²) in [5.41, 5.74) is 6.95. The first kappa shape index (κ1) is 10.6. The number of halogens is 1. The van der Waals surface area contributed by atoms with E-state index in [1.807, 2.05) is 12.1 Å². The third-order valence-electron chi connectivity index (χ3n) is 3.23. The Morgan fingerprint density at radius 1 is 1.33 bits per heavy atom. The molecule has 2 unspecified atom stereocenters. The zero-order valence-corrected chi connectivity index (χ0v) is 8.75. The normalized spacial score (nSPS) is 26.5. The first-order chi connectivity index (χ1) is 7.31. The van der Waals surface area contributed by atoms with Crippen molar-refractivity contribution in [1.29, 1.82) is 0 Å². The van der Waals surface area contributed by atoms with E-state index < -0.39 is 0 Å². The van der Waals surface area contributed by atoms with Gasteiger partial charge in [0, 0.05) is 12.5 Å². The molecule has 0 spiro atoms. The van der Waals surface area contributed by atoms with E-state index in [1.54, 1.807) is 0 Å². The molecule has 2 rings (SSSR count). The Hall–Kier alpha value is -0.930. The first-order valence-corrected chi connectivity index (χ1v) is 5.47. The Morgan fingerprint density at radius 2 is 2.07 bits per heavy atom. The number of nitrogens with two attached hydrogens (primary N) is 1. The van der Waals surface area contributed by atoms with E-state index in [4.69, 9.17) is 5.73 Å². The lowest BCUT2D eigenvalue weighted by Crippen LogP contribution is -2.38. The summed E-state index contributed by atoms with van der Waals surface area (Å²) in [7, 11) is 0. The van der Waals surface area contributed by atoms with E-state index in [0.717, 1.165) is 19.5 Å². The number of rotatable bonds is 2. The van der Waals surface area contributed by atoms with Crippen molar-refractivity contribution in [2.45, 2.75) is 12.3 Å². The summed E-state index contributed by atoms with van der Waals surface area (Å²) in [5.74, 6) is 0.785. The predicted molar refractivity (Wildman–Crippen MR) is 59.2 cm³/mol. The van der Waals surface area contributed by atoms with Gasteiger partial charge in [0.05, 0.1) is 0 Å². The largest absolute Gasteiger partial charge is 0.330 e. The number of nitrogens with one attached hydrogen (secondary N) is 1. The van der Waals surface area contributed by atoms with Crippen molar-refractivity contribution < 1.29 is 4.39 Å². The van der Waals surface area contributed by atoms with Gasteiger partial charge in [-0.05, 0) is 43.1 Å². The molecule has 2 nitrogen and oxygen atoms in total. The zero-order chi connectivity index (χ0) is 10.7. The minimum absolute atomic E-state index is 0.174. The fourth-order valence-electron chi connectivity index (χ4n) is 2.29. The third-order valence-corrected chi connectivity index (χ3v) is 3.23. The van der Waals surface area contributed by atoms with Gasteiger partial charge in [0.1, 0.15) is 5.82 Å². The maximum atomic E-state index is 12.8. The van der Waals surface area contributed by atoms with Crippen molar-refractivity contribution in [3.05, 3.63) is 35.6 Å². The molecule has 0 aromatic heterocycles. The topological polar surface area (TPSA) is 38.0 Å². The smallest absolute Gasteiger partial charge is 0.123 e. The zero-order valence-electron chi connectivity index (χ0n) is 8.75. The molecular formula is C12H17FN2. The quantitative estimate of drug-likeness (QED) is 0.772. The minimum atomic E-state index is -0.174. The van der Waals surface area contributed by atoms with Gasteiger partial charge in [-0.1, -0.05) is 12.1 Å². The summed E-state index contributed by atoms with van der Waals surface area (Å²) in [5, 5.41) is 3.36. The van der Waals surface area contributed by atoms with Crippen LogP contribution in [0.15, 0.2) is 24.3 Å². The molecule has 1 aromatic rings. The third kappa shape index (κ3) is 2.36. The SMILES string of the molecule is NCC1CCNCC1c1ccc(F)cc1. The molecule has 1 saturated heterocycles. The number of benzene rings is 1. The molecule has 1 aliphatic heterocycles. The Labute approximate surface area is 89.7 Å². The highest BCUT2D eigenvalue weighted by Crippen LogP contribution is 2.28. The molecule has 0 radical (unpaired) electrons. The van der Waals surface area contributed by atoms with Crippen LogP contribution >= 0.6 is 0 Å². The lowest BCUT2D eigenvalue weighted by atomic mass is 9.81. The van der Waals surface area contributed by atoms with Crippen molar-refractivity contribution in [2.24, 2.45) is 11.7 Å². The van der Waals surface area contributed by atoms with Crippen molar-refractivity contribution in [1.82, 2.24) is 5.32 Å². The highest BCUT2D eigenvalue weighted by molar-refractivity contribution is 5.22. The van der Waals surface area contributed by atoms with E-state index in [1.165, 1.54) is 17.7 Å². The lowest BCUT2D eigenvalue weighted by molar-refractivity contribution is 0.331. The van der Waals surface area contributed by atoms with Gasteiger partial charge in [0.15, 0.2) is 0 Å². The number of hydrogen-bond acceptors (Lipinski definition) is 2. The molecule has 0 bridgehead atoms. The Kier molecular flexibility index (Phi) is 3.34. The molecule has 3 heteroatoms. The lowest BCUT2D eigenvalue weighted by Gasteiger charge is -2.31. The van der Waals surface area contributed by atoms with Crippen LogP contribution < -0.4 is 11.1 Å². The van der Waals surface area contributed by atoms with E-state index in [9.17, 15) is 4.39 Å². The summed E-state index contributed by atoms with van der Waals surface area (Å²) in [6, 6.07) is 6.79. The second-order valence-electron chi connectivity index (χ2n) is 4.15. The summed E-state index contributed by atoms with van der Waals surface area (Å²) in [6.45, 7) is 2.71. The van der Waals surface area contributed by atoms with Crippen LogP contribution in [0.2, 0.25) is 0 Å². The Bertz CT molecular complexity index is 310. The van der Waals surface area contributed by atoms with Gasteiger partial charge in [-0.15, -0.1) is 0 Å². The van der Waals surface area contributed by atoms with Crippen LogP contribution in [-0.4, -0.2) is 19.6 Å². The van der Waals surface area contributed by atoms with Gasteiger partial charge in [-0.2, -0.15) is 0 Å². The predicted octanol–water partition coefficient (Wildman–Crippen LogP) is 1.48. The average molecular weight is 208 g/mol. The summed E-state index contributed by atoms with van der Waals surface area (Å²) in [6.07, 6.45) is 1.11. The van der Waals surface area contributed by atoms with Crippen LogP contribution in [0.3, 0.4) is 0 Å². The van der Waals surface area contributed by atoms with Gasteiger partial charge in [0.2, 0.25) is 0 Å². The van der Waals surface area contributed by atoms with Gasteiger partial charge in [-0.3, -0.25) is 0 Å². The molecule has 1 heterocycles. The van der Waals surface area contributed by atoms with Crippen LogP contribution in [0.5, 0.6) is 0 Å². The molecule has 82 valence electrons. The molecule has 1 fully saturated rings. The van der Waals surface area contributed by atoms with Gasteiger partial charge >= 0.3 is 0 Å². The molecule has 3 N–H and O–H groups in total. The molecular weight excluding hydrogens is 191 g/mol. The molecule has 15 heavy (non-hydrogen) atoms. The summed E-state index contributed by atoms with van der Waals surface area (Å²) < 4.78 is 12.8. The molecule has 0 saturated carbocycles. The average Bonchev–Trinajstić information content (AvgIpc) is 2.30. The van der Waals surface area contributed by atoms with Crippen molar-refractivity contribution in [2.75, 3.05) is 19.6 Å². The van der Waals surface area contributed by atoms with Crippen LogP contribution in [0, 0.1) is 11.7 Å². The second kappa shape index (κ2) is 4.73. The van der Waals surface area contributed by atoms with E-state index in [2.05, 4.69) is 5.32 Å². The van der Waals surface area contributed by atoms with Crippen molar-refractivity contribution in [3.63, 3.8) is 0 Å². The second-order valence-corrected chi connectivity index (χ2v) is 4.15. The first-order valence-electron chi connectivity index (χ1n) is 5.47. The monoisotopic (exact) mass is 208 g/mol. The van der Waals surface area contributed by atoms with E-state index in [-0.39, 0.29) is 5.82 Å². The summed E-state index contributed by atoms with van der Waals surface area (Å²) >= 11 is 0. The van der Waals surface area contributed by atoms with E-state index in [0.29, 0.717) is 18.4 Å². The van der Waals surface area contributed by atoms with E-state index >= 15 is 0 Å². The molecule has 0 aliphatic carbocycles. The molecule has 0 amide bonds. The van der Waals surface area contributed by atoms with Crippen LogP contribution in [-0.2, 0) is 0 Å². The van der Waals surface area contributed by atoms with Crippen LogP contribution in [0.1, 0.15) is 17.9 Å². The maximum absolute atomic E-state index is 12.8. The molecule has 1 aliphatic rings. The number of piperidine rings is 1. The standard InChI is InChI=1S/C12H17FN2/c13-11-3-1-9(2-4-11)12-8-15-6-5-10(12)7-14/h1-4,10,12,15H,5-8,14H2.